The average Bonchev–Trinajstić information content (AvgIpc) is 2.16. The van der Waals surface area contributed by atoms with E-state index in [2.05, 4.69) is 24.1 Å². The normalized spacial score (nSPS) is 15.1. The van der Waals surface area contributed by atoms with Crippen LogP contribution in [0.15, 0.2) is 18.2 Å². The van der Waals surface area contributed by atoms with Crippen molar-refractivity contribution in [1.29, 1.82) is 0 Å². The standard InChI is InChI=1S/C12H17FN2/c1-9(2)8-15-6-5-14-11-7-10(13)3-4-12(11)15/h3-4,7,9,14H,5-6,8H2,1-2H3. The Labute approximate surface area is 90.1 Å². The molecule has 0 saturated carbocycles. The van der Waals surface area contributed by atoms with Crippen LogP contribution >= 0.6 is 0 Å². The minimum atomic E-state index is -0.173. The molecule has 1 aliphatic rings. The number of nitrogens with one attached hydrogen (secondary N) is 1. The van der Waals surface area contributed by atoms with Gasteiger partial charge in [0, 0.05) is 19.6 Å². The lowest BCUT2D eigenvalue weighted by Gasteiger charge is -2.33. The van der Waals surface area contributed by atoms with E-state index in [9.17, 15) is 4.39 Å². The molecule has 0 amide bonds. The van der Waals surface area contributed by atoms with Gasteiger partial charge in [0.25, 0.3) is 0 Å². The highest BCUT2D eigenvalue weighted by atomic mass is 19.1. The summed E-state index contributed by atoms with van der Waals surface area (Å²) >= 11 is 0. The van der Waals surface area contributed by atoms with Gasteiger partial charge in [-0.25, -0.2) is 4.39 Å². The smallest absolute Gasteiger partial charge is 0.125 e. The molecule has 0 fully saturated rings. The second-order valence-electron chi connectivity index (χ2n) is 4.43. The second kappa shape index (κ2) is 4.09. The molecule has 82 valence electrons. The van der Waals surface area contributed by atoms with Crippen molar-refractivity contribution >= 4 is 11.4 Å². The van der Waals surface area contributed by atoms with Gasteiger partial charge in [-0.2, -0.15) is 0 Å². The van der Waals surface area contributed by atoms with Crippen molar-refractivity contribution in [2.24, 2.45) is 5.92 Å². The summed E-state index contributed by atoms with van der Waals surface area (Å²) in [6.45, 7) is 7.32. The van der Waals surface area contributed by atoms with Crippen molar-refractivity contribution in [2.75, 3.05) is 29.9 Å². The van der Waals surface area contributed by atoms with Crippen LogP contribution in [0.4, 0.5) is 15.8 Å². The van der Waals surface area contributed by atoms with Crippen LogP contribution in [0.2, 0.25) is 0 Å². The Hall–Kier alpha value is -1.25. The highest BCUT2D eigenvalue weighted by Crippen LogP contribution is 2.29. The van der Waals surface area contributed by atoms with Crippen molar-refractivity contribution < 1.29 is 4.39 Å². The van der Waals surface area contributed by atoms with E-state index in [1.807, 2.05) is 6.07 Å². The Morgan fingerprint density at radius 3 is 3.00 bits per heavy atom. The molecule has 1 aromatic rings. The molecule has 0 aliphatic carbocycles. The zero-order valence-electron chi connectivity index (χ0n) is 9.26. The van der Waals surface area contributed by atoms with Crippen molar-refractivity contribution in [3.8, 4) is 0 Å². The lowest BCUT2D eigenvalue weighted by atomic mass is 10.1. The molecule has 0 bridgehead atoms. The maximum Gasteiger partial charge on any atom is 0.125 e. The van der Waals surface area contributed by atoms with Crippen LogP contribution in [-0.2, 0) is 0 Å². The molecular formula is C12H17FN2. The van der Waals surface area contributed by atoms with E-state index >= 15 is 0 Å². The van der Waals surface area contributed by atoms with E-state index in [4.69, 9.17) is 0 Å². The summed E-state index contributed by atoms with van der Waals surface area (Å²) in [5, 5.41) is 3.22. The van der Waals surface area contributed by atoms with Crippen LogP contribution < -0.4 is 10.2 Å². The van der Waals surface area contributed by atoms with E-state index in [0.717, 1.165) is 31.0 Å². The Morgan fingerprint density at radius 1 is 1.47 bits per heavy atom. The summed E-state index contributed by atoms with van der Waals surface area (Å²) in [6.07, 6.45) is 0. The van der Waals surface area contributed by atoms with Gasteiger partial charge in [0.2, 0.25) is 0 Å². The Kier molecular flexibility index (Phi) is 2.80. The maximum atomic E-state index is 13.0. The van der Waals surface area contributed by atoms with E-state index in [1.54, 1.807) is 6.07 Å². The summed E-state index contributed by atoms with van der Waals surface area (Å²) in [6, 6.07) is 4.96. The van der Waals surface area contributed by atoms with E-state index < -0.39 is 0 Å². The third-order valence-electron chi connectivity index (χ3n) is 2.58. The molecule has 15 heavy (non-hydrogen) atoms. The molecule has 0 radical (unpaired) electrons. The summed E-state index contributed by atoms with van der Waals surface area (Å²) < 4.78 is 13.0. The van der Waals surface area contributed by atoms with E-state index in [0.29, 0.717) is 5.92 Å². The minimum Gasteiger partial charge on any atom is -0.382 e. The molecule has 0 aromatic heterocycles. The lowest BCUT2D eigenvalue weighted by molar-refractivity contribution is 0.605. The molecule has 0 unspecified atom stereocenters. The monoisotopic (exact) mass is 208 g/mol. The molecule has 3 heteroatoms. The lowest BCUT2D eigenvalue weighted by Crippen LogP contribution is -2.36. The molecule has 1 aromatic carbocycles. The number of anilines is 2. The quantitative estimate of drug-likeness (QED) is 0.804. The zero-order chi connectivity index (χ0) is 10.8. The molecule has 1 heterocycles. The van der Waals surface area contributed by atoms with Crippen LogP contribution in [0.3, 0.4) is 0 Å². The summed E-state index contributed by atoms with van der Waals surface area (Å²) in [5.74, 6) is 0.452. The fraction of sp³-hybridized carbons (Fsp3) is 0.500. The number of rotatable bonds is 2. The average molecular weight is 208 g/mol. The second-order valence-corrected chi connectivity index (χ2v) is 4.43. The Bertz CT molecular complexity index is 349. The van der Waals surface area contributed by atoms with Crippen LogP contribution in [0.5, 0.6) is 0 Å². The van der Waals surface area contributed by atoms with Crippen LogP contribution in [0, 0.1) is 11.7 Å². The first-order valence-electron chi connectivity index (χ1n) is 5.45. The molecule has 1 N–H and O–H groups in total. The fourth-order valence-electron chi connectivity index (χ4n) is 2.00. The first-order chi connectivity index (χ1) is 7.16. The summed E-state index contributed by atoms with van der Waals surface area (Å²) in [4.78, 5) is 2.32. The highest BCUT2D eigenvalue weighted by molar-refractivity contribution is 5.72. The zero-order valence-corrected chi connectivity index (χ0v) is 9.26. The molecular weight excluding hydrogens is 191 g/mol. The number of halogens is 1. The number of fused-ring (bicyclic) bond motifs is 1. The van der Waals surface area contributed by atoms with Gasteiger partial charge in [-0.3, -0.25) is 0 Å². The van der Waals surface area contributed by atoms with E-state index in [-0.39, 0.29) is 5.82 Å². The van der Waals surface area contributed by atoms with Crippen LogP contribution in [0.25, 0.3) is 0 Å². The molecule has 1 aliphatic heterocycles. The topological polar surface area (TPSA) is 15.3 Å². The molecule has 0 spiro atoms. The summed E-state index contributed by atoms with van der Waals surface area (Å²) in [5.41, 5.74) is 2.04. The number of hydrogen-bond donors (Lipinski definition) is 1. The Morgan fingerprint density at radius 2 is 2.27 bits per heavy atom. The molecule has 2 rings (SSSR count). The van der Waals surface area contributed by atoms with Gasteiger partial charge in [-0.05, 0) is 24.1 Å². The fourth-order valence-corrected chi connectivity index (χ4v) is 2.00. The first-order valence-corrected chi connectivity index (χ1v) is 5.45. The number of benzene rings is 1. The minimum absolute atomic E-state index is 0.173. The van der Waals surface area contributed by atoms with Gasteiger partial charge >= 0.3 is 0 Å². The van der Waals surface area contributed by atoms with Gasteiger partial charge in [0.15, 0.2) is 0 Å². The van der Waals surface area contributed by atoms with Gasteiger partial charge in [-0.1, -0.05) is 13.8 Å². The van der Waals surface area contributed by atoms with Gasteiger partial charge in [0.1, 0.15) is 5.82 Å². The molecule has 2 nitrogen and oxygen atoms in total. The predicted molar refractivity (Wildman–Crippen MR) is 61.9 cm³/mol. The molecule has 0 saturated heterocycles. The number of hydrogen-bond acceptors (Lipinski definition) is 2. The first kappa shape index (κ1) is 10.3. The molecule has 0 atom stereocenters. The van der Waals surface area contributed by atoms with Crippen molar-refractivity contribution in [3.05, 3.63) is 24.0 Å². The highest BCUT2D eigenvalue weighted by Gasteiger charge is 2.17. The van der Waals surface area contributed by atoms with Gasteiger partial charge < -0.3 is 10.2 Å². The third kappa shape index (κ3) is 2.22. The SMILES string of the molecule is CC(C)CN1CCNc2cc(F)ccc21. The predicted octanol–water partition coefficient (Wildman–Crippen LogP) is 2.71. The van der Waals surface area contributed by atoms with Crippen molar-refractivity contribution in [3.63, 3.8) is 0 Å². The maximum absolute atomic E-state index is 13.0. The van der Waals surface area contributed by atoms with E-state index in [1.165, 1.54) is 6.07 Å². The van der Waals surface area contributed by atoms with Gasteiger partial charge in [-0.15, -0.1) is 0 Å². The van der Waals surface area contributed by atoms with Crippen LogP contribution in [0.1, 0.15) is 13.8 Å². The number of nitrogens with zero attached hydrogens (tertiary/aromatic N) is 1. The third-order valence-corrected chi connectivity index (χ3v) is 2.58. The Balaban J connectivity index is 2.26. The summed E-state index contributed by atoms with van der Waals surface area (Å²) in [7, 11) is 0. The van der Waals surface area contributed by atoms with Crippen molar-refractivity contribution in [1.82, 2.24) is 0 Å². The van der Waals surface area contributed by atoms with Crippen LogP contribution in [-0.4, -0.2) is 19.6 Å². The van der Waals surface area contributed by atoms with Crippen molar-refractivity contribution in [2.45, 2.75) is 13.8 Å². The largest absolute Gasteiger partial charge is 0.382 e. The van der Waals surface area contributed by atoms with Gasteiger partial charge in [0.05, 0.1) is 11.4 Å².